The molecule has 4 aromatic heterocycles. The number of imidazole rings is 2. The van der Waals surface area contributed by atoms with Crippen LogP contribution >= 0.6 is 0 Å². The Bertz CT molecular complexity index is 2060. The third kappa shape index (κ3) is 4.83. The summed E-state index contributed by atoms with van der Waals surface area (Å²) in [5.74, 6) is 2.18. The summed E-state index contributed by atoms with van der Waals surface area (Å²) in [6.07, 6.45) is 14.0. The van der Waals surface area contributed by atoms with Gasteiger partial charge in [0.15, 0.2) is 12.8 Å². The number of rotatable bonds is 7. The SMILES string of the molecule is O=C(c1cnco1)N1CCC[C@H]1c1ncc(-c2ccc(-c3ccc(-c4cnc([C@H]5[C@H]6CC[C@@H](C6)N5C(=O)c5cnco5)[nH]4)cc3)cc2)[nH]1. The highest BCUT2D eigenvalue weighted by atomic mass is 16.4. The molecular weight excluding hydrogens is 608 g/mol. The van der Waals surface area contributed by atoms with E-state index in [9.17, 15) is 9.59 Å². The van der Waals surface area contributed by atoms with Crippen molar-refractivity contribution in [3.8, 4) is 33.6 Å². The molecule has 4 atom stereocenters. The molecule has 6 heterocycles. The average molecular weight is 641 g/mol. The zero-order valence-electron chi connectivity index (χ0n) is 26.0. The summed E-state index contributed by atoms with van der Waals surface area (Å²) in [6.45, 7) is 0.654. The number of aromatic nitrogens is 6. The molecule has 9 rings (SSSR count). The lowest BCUT2D eigenvalue weighted by Gasteiger charge is -2.33. The molecule has 0 unspecified atom stereocenters. The van der Waals surface area contributed by atoms with Crippen molar-refractivity contribution in [2.24, 2.45) is 5.92 Å². The van der Waals surface area contributed by atoms with E-state index in [4.69, 9.17) is 13.8 Å². The topological polar surface area (TPSA) is 150 Å². The first kappa shape index (κ1) is 28.4. The number of nitrogens with one attached hydrogen (secondary N) is 2. The molecule has 1 saturated carbocycles. The number of nitrogens with zero attached hydrogens (tertiary/aromatic N) is 6. The van der Waals surface area contributed by atoms with Crippen molar-refractivity contribution >= 4 is 11.8 Å². The minimum atomic E-state index is -0.167. The fourth-order valence-electron chi connectivity index (χ4n) is 7.81. The monoisotopic (exact) mass is 640 g/mol. The van der Waals surface area contributed by atoms with E-state index in [1.165, 1.54) is 25.2 Å². The van der Waals surface area contributed by atoms with Crippen molar-refractivity contribution in [2.75, 3.05) is 6.54 Å². The van der Waals surface area contributed by atoms with E-state index in [2.05, 4.69) is 73.5 Å². The molecule has 6 aromatic rings. The number of H-pyrrole nitrogens is 2. The van der Waals surface area contributed by atoms with Gasteiger partial charge in [-0.3, -0.25) is 9.59 Å². The van der Waals surface area contributed by atoms with E-state index in [1.54, 1.807) is 4.90 Å². The van der Waals surface area contributed by atoms with Gasteiger partial charge < -0.3 is 28.6 Å². The highest BCUT2D eigenvalue weighted by Crippen LogP contribution is 2.50. The predicted octanol–water partition coefficient (Wildman–Crippen LogP) is 6.45. The maximum absolute atomic E-state index is 13.3. The molecule has 12 nitrogen and oxygen atoms in total. The van der Waals surface area contributed by atoms with Crippen LogP contribution in [0.2, 0.25) is 0 Å². The van der Waals surface area contributed by atoms with Crippen LogP contribution in [-0.2, 0) is 0 Å². The van der Waals surface area contributed by atoms with Crippen LogP contribution in [0.3, 0.4) is 0 Å². The molecule has 2 aliphatic heterocycles. The fraction of sp³-hybridized carbons (Fsp3) is 0.278. The molecular formula is C36H32N8O4. The fourth-order valence-corrected chi connectivity index (χ4v) is 7.81. The Morgan fingerprint density at radius 3 is 1.90 bits per heavy atom. The first-order chi connectivity index (χ1) is 23.6. The number of hydrogen-bond acceptors (Lipinski definition) is 8. The minimum Gasteiger partial charge on any atom is -0.438 e. The number of hydrogen-bond donors (Lipinski definition) is 2. The van der Waals surface area contributed by atoms with Crippen molar-refractivity contribution in [3.63, 3.8) is 0 Å². The summed E-state index contributed by atoms with van der Waals surface area (Å²) in [7, 11) is 0. The molecule has 2 bridgehead atoms. The maximum atomic E-state index is 13.3. The van der Waals surface area contributed by atoms with Gasteiger partial charge in [-0.05, 0) is 60.3 Å². The van der Waals surface area contributed by atoms with E-state index in [0.717, 1.165) is 77.4 Å². The Kier molecular flexibility index (Phi) is 6.80. The Labute approximate surface area is 275 Å². The molecule has 12 heteroatoms. The van der Waals surface area contributed by atoms with Crippen molar-refractivity contribution < 1.29 is 18.4 Å². The summed E-state index contributed by atoms with van der Waals surface area (Å²) in [5, 5.41) is 0. The molecule has 2 amide bonds. The van der Waals surface area contributed by atoms with Gasteiger partial charge in [-0.15, -0.1) is 0 Å². The lowest BCUT2D eigenvalue weighted by atomic mass is 9.98. The molecule has 48 heavy (non-hydrogen) atoms. The number of oxazole rings is 2. The minimum absolute atomic E-state index is 0.0993. The highest BCUT2D eigenvalue weighted by Gasteiger charge is 2.50. The molecule has 240 valence electrons. The Morgan fingerprint density at radius 2 is 1.27 bits per heavy atom. The lowest BCUT2D eigenvalue weighted by molar-refractivity contribution is 0.0546. The first-order valence-corrected chi connectivity index (χ1v) is 16.3. The first-order valence-electron chi connectivity index (χ1n) is 16.3. The van der Waals surface area contributed by atoms with Crippen molar-refractivity contribution in [3.05, 3.63) is 109 Å². The van der Waals surface area contributed by atoms with Gasteiger partial charge in [0.05, 0.1) is 48.3 Å². The second-order valence-corrected chi connectivity index (χ2v) is 12.8. The van der Waals surface area contributed by atoms with E-state index < -0.39 is 0 Å². The van der Waals surface area contributed by atoms with Crippen LogP contribution in [0.15, 0.2) is 94.9 Å². The zero-order chi connectivity index (χ0) is 32.2. The number of carbonyl (C=O) groups is 2. The zero-order valence-corrected chi connectivity index (χ0v) is 26.0. The van der Waals surface area contributed by atoms with Gasteiger partial charge in [-0.25, -0.2) is 19.9 Å². The quantitative estimate of drug-likeness (QED) is 0.202. The summed E-state index contributed by atoms with van der Waals surface area (Å²) in [4.78, 5) is 54.1. The highest BCUT2D eigenvalue weighted by molar-refractivity contribution is 5.92. The number of aromatic amines is 2. The van der Waals surface area contributed by atoms with Crippen LogP contribution in [0.25, 0.3) is 33.6 Å². The van der Waals surface area contributed by atoms with E-state index in [-0.39, 0.29) is 41.5 Å². The standard InChI is InChI=1S/C36H32N8O4/c45-35(30-17-37-19-47-30)43-13-1-2-29(43)33-39-15-27(41-33)23-7-3-21(4-8-23)22-5-9-24(10-6-22)28-16-40-34(42-28)32-25-11-12-26(14-25)44(32)36(46)31-18-38-20-48-31/h3-10,15-20,25-26,29,32H,1-2,11-14H2,(H,39,41)(H,40,42)/t25-,26-,29-,32+/m0/s1. The van der Waals surface area contributed by atoms with E-state index in [0.29, 0.717) is 12.5 Å². The van der Waals surface area contributed by atoms with Gasteiger partial charge in [0.25, 0.3) is 11.8 Å². The van der Waals surface area contributed by atoms with Gasteiger partial charge in [-0.1, -0.05) is 48.5 Å². The average Bonchev–Trinajstić information content (AvgIpc) is 3.98. The number of carbonyl (C=O) groups excluding carboxylic acids is 2. The van der Waals surface area contributed by atoms with Crippen molar-refractivity contribution in [2.45, 2.75) is 50.2 Å². The van der Waals surface area contributed by atoms with Gasteiger partial charge in [-0.2, -0.15) is 0 Å². The van der Waals surface area contributed by atoms with Gasteiger partial charge in [0, 0.05) is 12.6 Å². The molecule has 0 spiro atoms. The number of piperidine rings is 1. The van der Waals surface area contributed by atoms with Gasteiger partial charge in [0.2, 0.25) is 11.5 Å². The molecule has 2 N–H and O–H groups in total. The van der Waals surface area contributed by atoms with Crippen molar-refractivity contribution in [1.29, 1.82) is 0 Å². The molecule has 2 aromatic carbocycles. The van der Waals surface area contributed by atoms with Gasteiger partial charge in [0.1, 0.15) is 11.6 Å². The number of benzene rings is 2. The molecule has 1 aliphatic carbocycles. The van der Waals surface area contributed by atoms with Crippen LogP contribution in [0, 0.1) is 5.92 Å². The van der Waals surface area contributed by atoms with Crippen LogP contribution in [-0.4, -0.2) is 64.1 Å². The smallest absolute Gasteiger partial charge is 0.292 e. The van der Waals surface area contributed by atoms with Crippen LogP contribution in [0.1, 0.15) is 76.9 Å². The Balaban J connectivity index is 0.891. The third-order valence-electron chi connectivity index (χ3n) is 10.1. The normalized spacial score (nSPS) is 21.8. The largest absolute Gasteiger partial charge is 0.438 e. The summed E-state index contributed by atoms with van der Waals surface area (Å²) < 4.78 is 10.6. The summed E-state index contributed by atoms with van der Waals surface area (Å²) >= 11 is 0. The Morgan fingerprint density at radius 1 is 0.688 bits per heavy atom. The van der Waals surface area contributed by atoms with Crippen molar-refractivity contribution in [1.82, 2.24) is 39.7 Å². The van der Waals surface area contributed by atoms with Crippen LogP contribution < -0.4 is 0 Å². The molecule has 3 aliphatic rings. The molecule has 2 saturated heterocycles. The number of amides is 2. The second-order valence-electron chi connectivity index (χ2n) is 12.8. The molecule has 0 radical (unpaired) electrons. The maximum Gasteiger partial charge on any atom is 0.292 e. The summed E-state index contributed by atoms with van der Waals surface area (Å²) in [6, 6.07) is 16.7. The lowest BCUT2D eigenvalue weighted by Crippen LogP contribution is -2.40. The predicted molar refractivity (Wildman–Crippen MR) is 173 cm³/mol. The second kappa shape index (κ2) is 11.5. The van der Waals surface area contributed by atoms with Crippen LogP contribution in [0.4, 0.5) is 0 Å². The summed E-state index contributed by atoms with van der Waals surface area (Å²) in [5.41, 5.74) is 6.05. The number of fused-ring (bicyclic) bond motifs is 2. The van der Waals surface area contributed by atoms with Gasteiger partial charge >= 0.3 is 0 Å². The van der Waals surface area contributed by atoms with Crippen LogP contribution in [0.5, 0.6) is 0 Å². The molecule has 3 fully saturated rings. The number of likely N-dealkylation sites (tertiary alicyclic amines) is 2. The Hall–Kier alpha value is -5.78. The van der Waals surface area contributed by atoms with E-state index >= 15 is 0 Å². The third-order valence-corrected chi connectivity index (χ3v) is 10.1. The van der Waals surface area contributed by atoms with E-state index in [1.807, 2.05) is 17.3 Å².